The van der Waals surface area contributed by atoms with Gasteiger partial charge in [-0.25, -0.2) is 9.50 Å². The van der Waals surface area contributed by atoms with Gasteiger partial charge in [-0.1, -0.05) is 30.3 Å². The van der Waals surface area contributed by atoms with Crippen LogP contribution in [0.1, 0.15) is 17.0 Å². The van der Waals surface area contributed by atoms with Crippen LogP contribution in [0.25, 0.3) is 5.65 Å². The zero-order valence-corrected chi connectivity index (χ0v) is 11.6. The molecule has 90 valence electrons. The van der Waals surface area contributed by atoms with Crippen LogP contribution in [0.2, 0.25) is 0 Å². The minimum Gasteiger partial charge on any atom is -0.212 e. The van der Waals surface area contributed by atoms with Crippen LogP contribution in [0.5, 0.6) is 0 Å². The summed E-state index contributed by atoms with van der Waals surface area (Å²) in [6.45, 7) is 2.11. The first kappa shape index (κ1) is 11.4. The fraction of sp³-hybridized carbons (Fsp3) is 0.143. The van der Waals surface area contributed by atoms with E-state index in [1.807, 2.05) is 34.8 Å². The predicted octanol–water partition coefficient (Wildman–Crippen LogP) is 3.39. The van der Waals surface area contributed by atoms with Gasteiger partial charge in [0.15, 0.2) is 11.5 Å². The molecule has 0 aliphatic carbocycles. The quantitative estimate of drug-likeness (QED) is 0.679. The number of hydrogen-bond acceptors (Lipinski definition) is 2. The van der Waals surface area contributed by atoms with Crippen LogP contribution in [0, 0.1) is 6.92 Å². The smallest absolute Gasteiger partial charge is 0.156 e. The van der Waals surface area contributed by atoms with Gasteiger partial charge in [-0.3, -0.25) is 0 Å². The van der Waals surface area contributed by atoms with Crippen LogP contribution in [-0.2, 0) is 6.42 Å². The Morgan fingerprint density at radius 1 is 1.11 bits per heavy atom. The zero-order valence-electron chi connectivity index (χ0n) is 9.97. The lowest BCUT2D eigenvalue weighted by atomic mass is 10.1. The minimum absolute atomic E-state index is 0.765. The molecular weight excluding hydrogens is 290 g/mol. The lowest BCUT2D eigenvalue weighted by Crippen LogP contribution is -1.94. The van der Waals surface area contributed by atoms with Crippen molar-refractivity contribution in [1.82, 2.24) is 14.6 Å². The van der Waals surface area contributed by atoms with Crippen LogP contribution in [0.15, 0.2) is 47.1 Å². The summed E-state index contributed by atoms with van der Waals surface area (Å²) in [4.78, 5) is 4.53. The summed E-state index contributed by atoms with van der Waals surface area (Å²) >= 11 is 3.47. The van der Waals surface area contributed by atoms with Crippen molar-refractivity contribution >= 4 is 21.6 Å². The number of nitrogens with zero attached hydrogens (tertiary/aromatic N) is 3. The third-order valence-corrected chi connectivity index (χ3v) is 3.57. The second-order valence-electron chi connectivity index (χ2n) is 4.25. The third kappa shape index (κ3) is 2.04. The summed E-state index contributed by atoms with van der Waals surface area (Å²) in [5, 5.41) is 4.51. The number of hydrogen-bond donors (Lipinski definition) is 0. The van der Waals surface area contributed by atoms with E-state index in [1.54, 1.807) is 0 Å². The van der Waals surface area contributed by atoms with Crippen molar-refractivity contribution in [2.24, 2.45) is 0 Å². The van der Waals surface area contributed by atoms with E-state index in [1.165, 1.54) is 11.1 Å². The van der Waals surface area contributed by atoms with Gasteiger partial charge in [0, 0.05) is 6.42 Å². The molecule has 3 aromatic rings. The van der Waals surface area contributed by atoms with E-state index < -0.39 is 0 Å². The van der Waals surface area contributed by atoms with Crippen LogP contribution < -0.4 is 0 Å². The second kappa shape index (κ2) is 4.53. The summed E-state index contributed by atoms with van der Waals surface area (Å²) in [5.74, 6) is 0.844. The van der Waals surface area contributed by atoms with E-state index in [4.69, 9.17) is 0 Å². The molecule has 0 N–H and O–H groups in total. The van der Waals surface area contributed by atoms with Crippen LogP contribution in [0.4, 0.5) is 0 Å². The molecular formula is C14H12BrN3. The topological polar surface area (TPSA) is 30.2 Å². The molecule has 0 fully saturated rings. The molecule has 2 heterocycles. The lowest BCUT2D eigenvalue weighted by molar-refractivity contribution is 0.881. The van der Waals surface area contributed by atoms with E-state index in [-0.39, 0.29) is 0 Å². The Hall–Kier alpha value is -1.68. The Labute approximate surface area is 114 Å². The first-order valence-electron chi connectivity index (χ1n) is 5.79. The van der Waals surface area contributed by atoms with E-state index in [0.717, 1.165) is 22.5 Å². The van der Waals surface area contributed by atoms with Gasteiger partial charge in [0.2, 0.25) is 0 Å². The molecule has 2 aromatic heterocycles. The number of fused-ring (bicyclic) bond motifs is 1. The largest absolute Gasteiger partial charge is 0.212 e. The summed E-state index contributed by atoms with van der Waals surface area (Å²) in [7, 11) is 0. The first-order valence-corrected chi connectivity index (χ1v) is 6.58. The van der Waals surface area contributed by atoms with Crippen LogP contribution in [-0.4, -0.2) is 14.6 Å². The number of aryl methyl sites for hydroxylation is 1. The van der Waals surface area contributed by atoms with Gasteiger partial charge in [0.05, 0.1) is 0 Å². The van der Waals surface area contributed by atoms with Gasteiger partial charge in [-0.2, -0.15) is 0 Å². The van der Waals surface area contributed by atoms with E-state index in [2.05, 4.69) is 45.1 Å². The molecule has 0 bridgehead atoms. The first-order chi connectivity index (χ1) is 8.74. The molecule has 3 nitrogen and oxygen atoms in total. The van der Waals surface area contributed by atoms with Crippen molar-refractivity contribution in [1.29, 1.82) is 0 Å². The summed E-state index contributed by atoms with van der Waals surface area (Å²) in [6, 6.07) is 14.2. The van der Waals surface area contributed by atoms with Gasteiger partial charge in [0.1, 0.15) is 4.60 Å². The fourth-order valence-corrected chi connectivity index (χ4v) is 2.39. The Morgan fingerprint density at radius 2 is 1.94 bits per heavy atom. The molecule has 0 atom stereocenters. The highest BCUT2D eigenvalue weighted by Gasteiger charge is 2.07. The van der Waals surface area contributed by atoms with Crippen LogP contribution >= 0.6 is 15.9 Å². The molecule has 0 saturated heterocycles. The second-order valence-corrected chi connectivity index (χ2v) is 5.06. The lowest BCUT2D eigenvalue weighted by Gasteiger charge is -2.01. The average molecular weight is 302 g/mol. The SMILES string of the molecule is Cc1ccccc1Cc1nc2cccc(Br)n2n1. The number of benzene rings is 1. The maximum absolute atomic E-state index is 4.53. The Balaban J connectivity index is 2.01. The standard InChI is InChI=1S/C14H12BrN3/c1-10-5-2-3-6-11(10)9-13-16-14-8-4-7-12(15)18(14)17-13/h2-8H,9H2,1H3. The van der Waals surface area contributed by atoms with Gasteiger partial charge >= 0.3 is 0 Å². The van der Waals surface area contributed by atoms with Crippen LogP contribution in [0.3, 0.4) is 0 Å². The highest BCUT2D eigenvalue weighted by atomic mass is 79.9. The molecule has 0 radical (unpaired) electrons. The summed E-state index contributed by atoms with van der Waals surface area (Å²) in [6.07, 6.45) is 0.765. The monoisotopic (exact) mass is 301 g/mol. The van der Waals surface area contributed by atoms with E-state index in [9.17, 15) is 0 Å². The Kier molecular flexibility index (Phi) is 2.88. The molecule has 4 heteroatoms. The van der Waals surface area contributed by atoms with Crippen molar-refractivity contribution in [2.75, 3.05) is 0 Å². The molecule has 0 amide bonds. The third-order valence-electron chi connectivity index (χ3n) is 2.97. The summed E-state index contributed by atoms with van der Waals surface area (Å²) < 4.78 is 2.73. The number of aromatic nitrogens is 3. The van der Waals surface area contributed by atoms with Gasteiger partial charge in [-0.15, -0.1) is 5.10 Å². The number of halogens is 1. The highest BCUT2D eigenvalue weighted by molar-refractivity contribution is 9.10. The maximum Gasteiger partial charge on any atom is 0.156 e. The molecule has 1 aromatic carbocycles. The molecule has 0 unspecified atom stereocenters. The molecule has 0 saturated carbocycles. The zero-order chi connectivity index (χ0) is 12.5. The van der Waals surface area contributed by atoms with E-state index >= 15 is 0 Å². The number of rotatable bonds is 2. The van der Waals surface area contributed by atoms with Gasteiger partial charge < -0.3 is 0 Å². The maximum atomic E-state index is 4.53. The summed E-state index contributed by atoms with van der Waals surface area (Å²) in [5.41, 5.74) is 3.41. The van der Waals surface area contributed by atoms with Crippen molar-refractivity contribution in [3.8, 4) is 0 Å². The highest BCUT2D eigenvalue weighted by Crippen LogP contribution is 2.15. The number of pyridine rings is 1. The molecule has 3 rings (SSSR count). The molecule has 18 heavy (non-hydrogen) atoms. The molecule has 0 aliphatic rings. The van der Waals surface area contributed by atoms with Crippen molar-refractivity contribution in [2.45, 2.75) is 13.3 Å². The Morgan fingerprint density at radius 3 is 2.72 bits per heavy atom. The fourth-order valence-electron chi connectivity index (χ4n) is 1.97. The molecule has 0 aliphatic heterocycles. The van der Waals surface area contributed by atoms with Gasteiger partial charge in [0.25, 0.3) is 0 Å². The van der Waals surface area contributed by atoms with Crippen molar-refractivity contribution < 1.29 is 0 Å². The van der Waals surface area contributed by atoms with Crippen molar-refractivity contribution in [3.63, 3.8) is 0 Å². The minimum atomic E-state index is 0.765. The predicted molar refractivity (Wildman–Crippen MR) is 74.7 cm³/mol. The normalized spacial score (nSPS) is 11.0. The molecule has 0 spiro atoms. The average Bonchev–Trinajstić information content (AvgIpc) is 2.76. The van der Waals surface area contributed by atoms with Gasteiger partial charge in [-0.05, 0) is 46.1 Å². The van der Waals surface area contributed by atoms with Crippen molar-refractivity contribution in [3.05, 3.63) is 64.0 Å². The Bertz CT molecular complexity index is 703. The van der Waals surface area contributed by atoms with E-state index in [0.29, 0.717) is 0 Å².